The molecular weight excluding hydrogens is 272 g/mol. The number of hydrogen-bond acceptors (Lipinski definition) is 5. The topological polar surface area (TPSA) is 61.8 Å². The highest BCUT2D eigenvalue weighted by atomic mass is 16.5. The van der Waals surface area contributed by atoms with Crippen LogP contribution in [0.15, 0.2) is 18.2 Å². The number of Topliss-reactive ketones (excluding diaryl/α,β-unsaturated/α-hetero) is 1. The van der Waals surface area contributed by atoms with Gasteiger partial charge >= 0.3 is 5.97 Å². The van der Waals surface area contributed by atoms with E-state index >= 15 is 0 Å². The minimum absolute atomic E-state index is 0.120. The molecule has 0 aromatic heterocycles. The van der Waals surface area contributed by atoms with Gasteiger partial charge in [-0.1, -0.05) is 20.8 Å². The molecule has 21 heavy (non-hydrogen) atoms. The van der Waals surface area contributed by atoms with Gasteiger partial charge in [0.2, 0.25) is 0 Å². The van der Waals surface area contributed by atoms with Crippen LogP contribution in [0, 0.1) is 5.41 Å². The summed E-state index contributed by atoms with van der Waals surface area (Å²) in [4.78, 5) is 23.7. The van der Waals surface area contributed by atoms with Crippen molar-refractivity contribution in [2.24, 2.45) is 5.41 Å². The summed E-state index contributed by atoms with van der Waals surface area (Å²) in [5.74, 6) is 0.493. The number of carbonyl (C=O) groups excluding carboxylic acids is 2. The van der Waals surface area contributed by atoms with E-state index in [-0.39, 0.29) is 12.4 Å². The zero-order chi connectivity index (χ0) is 15.5. The average molecular weight is 292 g/mol. The van der Waals surface area contributed by atoms with Crippen LogP contribution in [-0.4, -0.2) is 31.6 Å². The third kappa shape index (κ3) is 3.97. The second-order valence-corrected chi connectivity index (χ2v) is 5.96. The lowest BCUT2D eigenvalue weighted by atomic mass is 9.91. The summed E-state index contributed by atoms with van der Waals surface area (Å²) < 4.78 is 16.1. The fraction of sp³-hybridized carbons (Fsp3) is 0.500. The molecule has 0 bridgehead atoms. The molecule has 1 aliphatic rings. The van der Waals surface area contributed by atoms with Crippen molar-refractivity contribution >= 4 is 11.8 Å². The van der Waals surface area contributed by atoms with Gasteiger partial charge in [0.05, 0.1) is 18.8 Å². The van der Waals surface area contributed by atoms with Gasteiger partial charge in [-0.05, 0) is 18.2 Å². The van der Waals surface area contributed by atoms with Crippen LogP contribution in [0.25, 0.3) is 0 Å². The van der Waals surface area contributed by atoms with E-state index in [1.54, 1.807) is 39.0 Å². The molecule has 114 valence electrons. The van der Waals surface area contributed by atoms with Crippen LogP contribution in [0.1, 0.15) is 37.6 Å². The van der Waals surface area contributed by atoms with E-state index in [0.717, 1.165) is 6.42 Å². The molecule has 0 unspecified atom stereocenters. The normalized spacial score (nSPS) is 14.2. The number of hydrogen-bond donors (Lipinski definition) is 0. The van der Waals surface area contributed by atoms with E-state index in [4.69, 9.17) is 14.2 Å². The first-order valence-corrected chi connectivity index (χ1v) is 6.98. The lowest BCUT2D eigenvalue weighted by Crippen LogP contribution is -2.26. The second kappa shape index (κ2) is 6.16. The third-order valence-electron chi connectivity index (χ3n) is 3.15. The van der Waals surface area contributed by atoms with Crippen LogP contribution in [0.5, 0.6) is 11.5 Å². The highest BCUT2D eigenvalue weighted by molar-refractivity contribution is 5.93. The molecule has 1 aromatic carbocycles. The molecule has 1 aliphatic heterocycles. The number of carbonyl (C=O) groups is 2. The number of ether oxygens (including phenoxy) is 3. The Morgan fingerprint density at radius 2 is 1.81 bits per heavy atom. The Kier molecular flexibility index (Phi) is 4.50. The Hall–Kier alpha value is -2.04. The fourth-order valence-electron chi connectivity index (χ4n) is 1.72. The lowest BCUT2D eigenvalue weighted by molar-refractivity contribution is -0.129. The van der Waals surface area contributed by atoms with Gasteiger partial charge in [0.25, 0.3) is 0 Å². The number of fused-ring (bicyclic) bond motifs is 1. The molecule has 0 atom stereocenters. The predicted molar refractivity (Wildman–Crippen MR) is 76.8 cm³/mol. The third-order valence-corrected chi connectivity index (χ3v) is 3.15. The Morgan fingerprint density at radius 3 is 2.48 bits per heavy atom. The Balaban J connectivity index is 2.03. The van der Waals surface area contributed by atoms with Crippen LogP contribution < -0.4 is 9.47 Å². The standard InChI is InChI=1S/C16H20O5/c1-16(2,3)14(17)10-21-15(18)11-5-6-12-13(9-11)20-8-4-7-19-12/h5-6,9H,4,7-8,10H2,1-3H3. The summed E-state index contributed by atoms with van der Waals surface area (Å²) in [7, 11) is 0. The maximum atomic E-state index is 12.0. The van der Waals surface area contributed by atoms with Gasteiger partial charge in [0.15, 0.2) is 23.9 Å². The van der Waals surface area contributed by atoms with E-state index in [0.29, 0.717) is 30.3 Å². The van der Waals surface area contributed by atoms with Crippen LogP contribution >= 0.6 is 0 Å². The largest absolute Gasteiger partial charge is 0.490 e. The van der Waals surface area contributed by atoms with Gasteiger partial charge in [0, 0.05) is 11.8 Å². The molecule has 0 radical (unpaired) electrons. The number of rotatable bonds is 3. The van der Waals surface area contributed by atoms with Crippen LogP contribution in [0.2, 0.25) is 0 Å². The Morgan fingerprint density at radius 1 is 1.14 bits per heavy atom. The zero-order valence-corrected chi connectivity index (χ0v) is 12.6. The lowest BCUT2D eigenvalue weighted by Gasteiger charge is -2.16. The van der Waals surface area contributed by atoms with Crippen molar-refractivity contribution in [3.8, 4) is 11.5 Å². The van der Waals surface area contributed by atoms with Crippen molar-refractivity contribution in [1.82, 2.24) is 0 Å². The summed E-state index contributed by atoms with van der Waals surface area (Å²) in [5.41, 5.74) is -0.175. The van der Waals surface area contributed by atoms with Gasteiger partial charge in [-0.3, -0.25) is 4.79 Å². The minimum atomic E-state index is -0.539. The fourth-order valence-corrected chi connectivity index (χ4v) is 1.72. The monoisotopic (exact) mass is 292 g/mol. The Labute approximate surface area is 124 Å². The summed E-state index contributed by atoms with van der Waals surface area (Å²) in [6.45, 7) is 6.28. The second-order valence-electron chi connectivity index (χ2n) is 5.96. The number of esters is 1. The van der Waals surface area contributed by atoms with Crippen molar-refractivity contribution in [2.75, 3.05) is 19.8 Å². The molecule has 1 aromatic rings. The molecule has 0 fully saturated rings. The van der Waals surface area contributed by atoms with Crippen LogP contribution in [-0.2, 0) is 9.53 Å². The molecule has 0 aliphatic carbocycles. The van der Waals surface area contributed by atoms with E-state index in [1.807, 2.05) is 0 Å². The van der Waals surface area contributed by atoms with Gasteiger partial charge in [-0.25, -0.2) is 4.79 Å². The smallest absolute Gasteiger partial charge is 0.338 e. The highest BCUT2D eigenvalue weighted by Gasteiger charge is 2.23. The molecule has 0 saturated carbocycles. The summed E-state index contributed by atoms with van der Waals surface area (Å²) in [6.07, 6.45) is 0.800. The van der Waals surface area contributed by atoms with Crippen molar-refractivity contribution in [3.05, 3.63) is 23.8 Å². The molecule has 0 N–H and O–H groups in total. The molecular formula is C16H20O5. The van der Waals surface area contributed by atoms with Crippen molar-refractivity contribution in [3.63, 3.8) is 0 Å². The highest BCUT2D eigenvalue weighted by Crippen LogP contribution is 2.30. The Bertz CT molecular complexity index is 542. The quantitative estimate of drug-likeness (QED) is 0.801. The summed E-state index contributed by atoms with van der Waals surface area (Å²) in [6, 6.07) is 4.88. The molecule has 5 heteroatoms. The van der Waals surface area contributed by atoms with Gasteiger partial charge in [0.1, 0.15) is 0 Å². The number of benzene rings is 1. The minimum Gasteiger partial charge on any atom is -0.490 e. The van der Waals surface area contributed by atoms with E-state index in [2.05, 4.69) is 0 Å². The van der Waals surface area contributed by atoms with Crippen molar-refractivity contribution in [1.29, 1.82) is 0 Å². The summed E-state index contributed by atoms with van der Waals surface area (Å²) >= 11 is 0. The average Bonchev–Trinajstić information content (AvgIpc) is 2.67. The maximum Gasteiger partial charge on any atom is 0.338 e. The van der Waals surface area contributed by atoms with Crippen molar-refractivity contribution in [2.45, 2.75) is 27.2 Å². The SMILES string of the molecule is CC(C)(C)C(=O)COC(=O)c1ccc2c(c1)OCCCO2. The van der Waals surface area contributed by atoms with E-state index in [1.165, 1.54) is 0 Å². The molecule has 2 rings (SSSR count). The molecule has 5 nitrogen and oxygen atoms in total. The van der Waals surface area contributed by atoms with E-state index in [9.17, 15) is 9.59 Å². The molecule has 0 saturated heterocycles. The molecule has 0 amide bonds. The first kappa shape index (κ1) is 15.4. The van der Waals surface area contributed by atoms with Crippen LogP contribution in [0.3, 0.4) is 0 Å². The molecule has 1 heterocycles. The molecule has 0 spiro atoms. The van der Waals surface area contributed by atoms with Gasteiger partial charge < -0.3 is 14.2 Å². The maximum absolute atomic E-state index is 12.0. The summed E-state index contributed by atoms with van der Waals surface area (Å²) in [5, 5.41) is 0. The first-order valence-electron chi connectivity index (χ1n) is 6.98. The van der Waals surface area contributed by atoms with E-state index < -0.39 is 11.4 Å². The van der Waals surface area contributed by atoms with Crippen LogP contribution in [0.4, 0.5) is 0 Å². The predicted octanol–water partition coefficient (Wildman–Crippen LogP) is 2.62. The van der Waals surface area contributed by atoms with Crippen molar-refractivity contribution < 1.29 is 23.8 Å². The first-order chi connectivity index (χ1) is 9.88. The van der Waals surface area contributed by atoms with Gasteiger partial charge in [-0.15, -0.1) is 0 Å². The zero-order valence-electron chi connectivity index (χ0n) is 12.6. The van der Waals surface area contributed by atoms with Gasteiger partial charge in [-0.2, -0.15) is 0 Å². The number of ketones is 1.